The number of carbonyl (C=O) groups is 1. The SMILES string of the molecule is N#C/C(=C\c1cccc(OC(F)(F)C(=O)O)c1)c1ccccn1. The van der Waals surface area contributed by atoms with Crippen molar-refractivity contribution in [1.29, 1.82) is 5.26 Å². The van der Waals surface area contributed by atoms with Gasteiger partial charge in [-0.25, -0.2) is 4.79 Å². The van der Waals surface area contributed by atoms with E-state index in [0.29, 0.717) is 11.3 Å². The summed E-state index contributed by atoms with van der Waals surface area (Å²) in [5.41, 5.74) is 1.05. The summed E-state index contributed by atoms with van der Waals surface area (Å²) in [7, 11) is 0. The van der Waals surface area contributed by atoms with Crippen LogP contribution in [0.3, 0.4) is 0 Å². The van der Waals surface area contributed by atoms with Crippen LogP contribution in [0.1, 0.15) is 11.3 Å². The molecule has 0 saturated heterocycles. The molecular weight excluding hydrogens is 306 g/mol. The van der Waals surface area contributed by atoms with Gasteiger partial charge in [0.1, 0.15) is 11.8 Å². The molecule has 0 radical (unpaired) electrons. The van der Waals surface area contributed by atoms with E-state index in [4.69, 9.17) is 5.11 Å². The van der Waals surface area contributed by atoms with Gasteiger partial charge in [-0.1, -0.05) is 18.2 Å². The van der Waals surface area contributed by atoms with Crippen LogP contribution in [0.25, 0.3) is 11.6 Å². The van der Waals surface area contributed by atoms with Crippen LogP contribution < -0.4 is 4.74 Å². The number of halogens is 2. The first-order chi connectivity index (χ1) is 10.9. The second-order valence-corrected chi connectivity index (χ2v) is 4.38. The number of pyridine rings is 1. The molecular formula is C16H10F2N2O3. The fourth-order valence-electron chi connectivity index (χ4n) is 1.71. The molecule has 0 aliphatic heterocycles. The summed E-state index contributed by atoms with van der Waals surface area (Å²) in [4.78, 5) is 14.4. The van der Waals surface area contributed by atoms with Crippen molar-refractivity contribution in [1.82, 2.24) is 4.98 Å². The molecule has 1 aromatic heterocycles. The molecule has 0 unspecified atom stereocenters. The Morgan fingerprint density at radius 3 is 2.70 bits per heavy atom. The van der Waals surface area contributed by atoms with Crippen molar-refractivity contribution in [3.63, 3.8) is 0 Å². The highest BCUT2D eigenvalue weighted by molar-refractivity contribution is 5.88. The Hall–Kier alpha value is -3.27. The van der Waals surface area contributed by atoms with Gasteiger partial charge >= 0.3 is 12.1 Å². The molecule has 0 bridgehead atoms. The topological polar surface area (TPSA) is 83.2 Å². The first kappa shape index (κ1) is 16.1. The summed E-state index contributed by atoms with van der Waals surface area (Å²) < 4.78 is 30.3. The van der Waals surface area contributed by atoms with E-state index in [-0.39, 0.29) is 11.3 Å². The Bertz CT molecular complexity index is 783. The fraction of sp³-hybridized carbons (Fsp3) is 0.0625. The maximum Gasteiger partial charge on any atom is 0.501 e. The molecule has 0 saturated carbocycles. The first-order valence-corrected chi connectivity index (χ1v) is 6.36. The number of hydrogen-bond acceptors (Lipinski definition) is 4. The van der Waals surface area contributed by atoms with E-state index in [9.17, 15) is 18.8 Å². The number of ether oxygens (including phenoxy) is 1. The van der Waals surface area contributed by atoms with E-state index >= 15 is 0 Å². The number of carboxylic acids is 1. The van der Waals surface area contributed by atoms with Crippen LogP contribution in [0.15, 0.2) is 48.7 Å². The highest BCUT2D eigenvalue weighted by Gasteiger charge is 2.42. The van der Waals surface area contributed by atoms with Gasteiger partial charge < -0.3 is 9.84 Å². The van der Waals surface area contributed by atoms with Crippen LogP contribution >= 0.6 is 0 Å². The van der Waals surface area contributed by atoms with E-state index < -0.39 is 12.1 Å². The molecule has 0 aliphatic carbocycles. The lowest BCUT2D eigenvalue weighted by Gasteiger charge is -2.13. The Labute approximate surface area is 130 Å². The maximum atomic E-state index is 13.1. The number of nitriles is 1. The largest absolute Gasteiger partial charge is 0.501 e. The summed E-state index contributed by atoms with van der Waals surface area (Å²) in [6, 6.07) is 12.4. The number of rotatable bonds is 5. The Morgan fingerprint density at radius 2 is 2.09 bits per heavy atom. The second-order valence-electron chi connectivity index (χ2n) is 4.38. The lowest BCUT2D eigenvalue weighted by atomic mass is 10.1. The number of allylic oxidation sites excluding steroid dienone is 1. The molecule has 7 heteroatoms. The zero-order valence-corrected chi connectivity index (χ0v) is 11.6. The second kappa shape index (κ2) is 6.66. The average molecular weight is 316 g/mol. The third-order valence-corrected chi connectivity index (χ3v) is 2.73. The molecule has 0 amide bonds. The summed E-state index contributed by atoms with van der Waals surface area (Å²) in [5.74, 6) is -2.71. The minimum absolute atomic E-state index is 0.229. The van der Waals surface area contributed by atoms with Crippen molar-refractivity contribution in [3.8, 4) is 11.8 Å². The van der Waals surface area contributed by atoms with E-state index in [1.54, 1.807) is 24.3 Å². The number of hydrogen-bond donors (Lipinski definition) is 1. The van der Waals surface area contributed by atoms with Gasteiger partial charge in [-0.2, -0.15) is 14.0 Å². The van der Waals surface area contributed by atoms with Gasteiger partial charge in [-0.3, -0.25) is 4.98 Å². The minimum atomic E-state index is -4.33. The van der Waals surface area contributed by atoms with Crippen molar-refractivity contribution in [2.24, 2.45) is 0 Å². The Balaban J connectivity index is 2.31. The zero-order valence-electron chi connectivity index (χ0n) is 11.6. The monoisotopic (exact) mass is 316 g/mol. The van der Waals surface area contributed by atoms with Crippen molar-refractivity contribution in [2.75, 3.05) is 0 Å². The van der Waals surface area contributed by atoms with Crippen LogP contribution in [0.4, 0.5) is 8.78 Å². The highest BCUT2D eigenvalue weighted by atomic mass is 19.3. The van der Waals surface area contributed by atoms with Gasteiger partial charge in [0.2, 0.25) is 0 Å². The van der Waals surface area contributed by atoms with Crippen LogP contribution in [0, 0.1) is 11.3 Å². The average Bonchev–Trinajstić information content (AvgIpc) is 2.53. The molecule has 116 valence electrons. The van der Waals surface area contributed by atoms with Gasteiger partial charge in [-0.15, -0.1) is 0 Å². The lowest BCUT2D eigenvalue weighted by molar-refractivity contribution is -0.210. The molecule has 0 spiro atoms. The number of benzene rings is 1. The number of carboxylic acid groups (broad SMARTS) is 1. The normalized spacial score (nSPS) is 11.6. The maximum absolute atomic E-state index is 13.1. The van der Waals surface area contributed by atoms with E-state index in [2.05, 4.69) is 9.72 Å². The van der Waals surface area contributed by atoms with Crippen LogP contribution in [-0.2, 0) is 4.79 Å². The zero-order chi connectivity index (χ0) is 16.9. The molecule has 2 rings (SSSR count). The molecule has 1 aromatic carbocycles. The molecule has 0 fully saturated rings. The van der Waals surface area contributed by atoms with E-state index in [0.717, 1.165) is 0 Å². The van der Waals surface area contributed by atoms with Crippen molar-refractivity contribution in [2.45, 2.75) is 6.11 Å². The fourth-order valence-corrected chi connectivity index (χ4v) is 1.71. The van der Waals surface area contributed by atoms with Crippen LogP contribution in [0.2, 0.25) is 0 Å². The van der Waals surface area contributed by atoms with Crippen molar-refractivity contribution < 1.29 is 23.4 Å². The molecule has 1 heterocycles. The molecule has 0 aliphatic rings. The van der Waals surface area contributed by atoms with Gasteiger partial charge in [-0.05, 0) is 35.9 Å². The smallest absolute Gasteiger partial charge is 0.474 e. The predicted molar refractivity (Wildman–Crippen MR) is 77.4 cm³/mol. The summed E-state index contributed by atoms with van der Waals surface area (Å²) in [5, 5.41) is 17.5. The van der Waals surface area contributed by atoms with Gasteiger partial charge in [0.05, 0.1) is 11.3 Å². The summed E-state index contributed by atoms with van der Waals surface area (Å²) in [6.07, 6.45) is -1.37. The van der Waals surface area contributed by atoms with Crippen LogP contribution in [-0.4, -0.2) is 22.2 Å². The van der Waals surface area contributed by atoms with E-state index in [1.807, 2.05) is 6.07 Å². The van der Waals surface area contributed by atoms with Crippen molar-refractivity contribution in [3.05, 3.63) is 59.9 Å². The highest BCUT2D eigenvalue weighted by Crippen LogP contribution is 2.24. The third-order valence-electron chi connectivity index (χ3n) is 2.73. The molecule has 2 aromatic rings. The Kier molecular flexibility index (Phi) is 4.66. The standard InChI is InChI=1S/C16H10F2N2O3/c17-16(18,15(21)22)23-13-5-3-4-11(9-13)8-12(10-19)14-6-1-2-7-20-14/h1-9H,(H,21,22)/b12-8+. The quantitative estimate of drug-likeness (QED) is 0.856. The van der Waals surface area contributed by atoms with Crippen LogP contribution in [0.5, 0.6) is 5.75 Å². The molecule has 5 nitrogen and oxygen atoms in total. The molecule has 23 heavy (non-hydrogen) atoms. The summed E-state index contributed by atoms with van der Waals surface area (Å²) >= 11 is 0. The number of aliphatic carboxylic acids is 1. The number of aromatic nitrogens is 1. The minimum Gasteiger partial charge on any atom is -0.474 e. The first-order valence-electron chi connectivity index (χ1n) is 6.36. The third kappa shape index (κ3) is 4.11. The van der Waals surface area contributed by atoms with Gasteiger partial charge in [0.15, 0.2) is 0 Å². The molecule has 1 N–H and O–H groups in total. The summed E-state index contributed by atoms with van der Waals surface area (Å²) in [6.45, 7) is 0. The Morgan fingerprint density at radius 1 is 1.30 bits per heavy atom. The van der Waals surface area contributed by atoms with Gasteiger partial charge in [0, 0.05) is 6.20 Å². The van der Waals surface area contributed by atoms with Crippen molar-refractivity contribution >= 4 is 17.6 Å². The number of alkyl halides is 2. The molecule has 0 atom stereocenters. The van der Waals surface area contributed by atoms with Gasteiger partial charge in [0.25, 0.3) is 0 Å². The predicted octanol–water partition coefficient (Wildman–Crippen LogP) is 3.20. The number of nitrogens with zero attached hydrogens (tertiary/aromatic N) is 2. The van der Waals surface area contributed by atoms with E-state index in [1.165, 1.54) is 30.5 Å². The lowest BCUT2D eigenvalue weighted by Crippen LogP contribution is -2.34.